The van der Waals surface area contributed by atoms with Crippen LogP contribution in [-0.2, 0) is 6.54 Å². The molecular formula is C25H31N5O2. The number of nitrogens with zero attached hydrogens (tertiary/aromatic N) is 3. The second-order valence-electron chi connectivity index (χ2n) is 8.12. The van der Waals surface area contributed by atoms with Gasteiger partial charge in [0.2, 0.25) is 5.89 Å². The van der Waals surface area contributed by atoms with Crippen LogP contribution in [0.4, 0.5) is 5.69 Å². The van der Waals surface area contributed by atoms with Crippen LogP contribution in [0.1, 0.15) is 17.7 Å². The zero-order valence-corrected chi connectivity index (χ0v) is 19.0. The van der Waals surface area contributed by atoms with E-state index in [4.69, 9.17) is 9.15 Å². The number of hydrogen-bond acceptors (Lipinski definition) is 5. The van der Waals surface area contributed by atoms with Gasteiger partial charge in [0.05, 0.1) is 19.3 Å². The molecule has 2 aromatic carbocycles. The maximum Gasteiger partial charge on any atom is 0.226 e. The molecule has 0 saturated carbocycles. The number of guanidine groups is 1. The highest BCUT2D eigenvalue weighted by atomic mass is 16.5. The number of rotatable bonds is 7. The fraction of sp³-hybridized carbons (Fsp3) is 0.360. The number of nitrogens with one attached hydrogen (secondary N) is 2. The normalized spacial score (nSPS) is 16.3. The molecule has 0 radical (unpaired) electrons. The molecule has 1 atom stereocenters. The topological polar surface area (TPSA) is 74.9 Å². The number of aliphatic imine (C=N–C) groups is 1. The Morgan fingerprint density at radius 2 is 2.06 bits per heavy atom. The molecule has 32 heavy (non-hydrogen) atoms. The molecular weight excluding hydrogens is 402 g/mol. The van der Waals surface area contributed by atoms with E-state index in [9.17, 15) is 0 Å². The van der Waals surface area contributed by atoms with Crippen molar-refractivity contribution in [2.24, 2.45) is 10.9 Å². The Labute approximate surface area is 189 Å². The van der Waals surface area contributed by atoms with Crippen molar-refractivity contribution < 1.29 is 9.15 Å². The van der Waals surface area contributed by atoms with Crippen LogP contribution in [0.15, 0.2) is 64.2 Å². The van der Waals surface area contributed by atoms with Gasteiger partial charge < -0.3 is 24.7 Å². The first-order valence-electron chi connectivity index (χ1n) is 11.0. The minimum absolute atomic E-state index is 0.551. The van der Waals surface area contributed by atoms with E-state index in [2.05, 4.69) is 56.7 Å². The van der Waals surface area contributed by atoms with Crippen molar-refractivity contribution in [3.8, 4) is 17.2 Å². The lowest BCUT2D eigenvalue weighted by molar-refractivity contribution is 0.415. The van der Waals surface area contributed by atoms with E-state index in [0.29, 0.717) is 18.4 Å². The van der Waals surface area contributed by atoms with Crippen molar-refractivity contribution in [2.75, 3.05) is 38.7 Å². The molecule has 1 aliphatic rings. The summed E-state index contributed by atoms with van der Waals surface area (Å²) in [6.07, 6.45) is 2.84. The van der Waals surface area contributed by atoms with Crippen molar-refractivity contribution in [3.05, 3.63) is 66.1 Å². The molecule has 2 heterocycles. The average molecular weight is 434 g/mol. The van der Waals surface area contributed by atoms with Gasteiger partial charge in [-0.15, -0.1) is 0 Å². The van der Waals surface area contributed by atoms with Crippen LogP contribution in [0.2, 0.25) is 0 Å². The molecule has 1 aromatic heterocycles. The van der Waals surface area contributed by atoms with Gasteiger partial charge in [0.15, 0.2) is 5.96 Å². The molecule has 1 aliphatic heterocycles. The lowest BCUT2D eigenvalue weighted by atomic mass is 10.1. The standard InChI is InChI=1S/C25H31N5O2/c1-18-7-9-20(10-8-18)24-29-21(17-32-24)15-28-25(26-2)27-14-19-11-12-30(16-19)22-5-4-6-23(13-22)31-3/h4-10,13,17,19H,11-12,14-16H2,1-3H3,(H2,26,27,28). The van der Waals surface area contributed by atoms with Gasteiger partial charge in [0.25, 0.3) is 0 Å². The predicted molar refractivity (Wildman–Crippen MR) is 128 cm³/mol. The van der Waals surface area contributed by atoms with Crippen molar-refractivity contribution in [1.82, 2.24) is 15.6 Å². The summed E-state index contributed by atoms with van der Waals surface area (Å²) in [5.74, 6) is 2.85. The first-order valence-corrected chi connectivity index (χ1v) is 11.0. The lowest BCUT2D eigenvalue weighted by Crippen LogP contribution is -2.40. The van der Waals surface area contributed by atoms with E-state index in [1.54, 1.807) is 20.4 Å². The Balaban J connectivity index is 1.25. The second-order valence-corrected chi connectivity index (χ2v) is 8.12. The Morgan fingerprint density at radius 3 is 2.84 bits per heavy atom. The van der Waals surface area contributed by atoms with Gasteiger partial charge >= 0.3 is 0 Å². The maximum atomic E-state index is 5.64. The minimum Gasteiger partial charge on any atom is -0.497 e. The smallest absolute Gasteiger partial charge is 0.226 e. The number of methoxy groups -OCH3 is 1. The zero-order valence-electron chi connectivity index (χ0n) is 19.0. The van der Waals surface area contributed by atoms with Crippen LogP contribution < -0.4 is 20.3 Å². The molecule has 1 unspecified atom stereocenters. The third kappa shape index (κ3) is 5.41. The van der Waals surface area contributed by atoms with Crippen molar-refractivity contribution >= 4 is 11.6 Å². The van der Waals surface area contributed by atoms with Gasteiger partial charge in [-0.05, 0) is 43.5 Å². The number of aryl methyl sites for hydroxylation is 1. The first kappa shape index (κ1) is 21.7. The highest BCUT2D eigenvalue weighted by molar-refractivity contribution is 5.79. The van der Waals surface area contributed by atoms with E-state index in [1.807, 2.05) is 24.3 Å². The van der Waals surface area contributed by atoms with E-state index in [-0.39, 0.29) is 0 Å². The second kappa shape index (κ2) is 10.2. The number of benzene rings is 2. The molecule has 0 bridgehead atoms. The van der Waals surface area contributed by atoms with Crippen LogP contribution >= 0.6 is 0 Å². The summed E-state index contributed by atoms with van der Waals surface area (Å²) >= 11 is 0. The van der Waals surface area contributed by atoms with Crippen LogP contribution in [0, 0.1) is 12.8 Å². The monoisotopic (exact) mass is 433 g/mol. The van der Waals surface area contributed by atoms with E-state index in [0.717, 1.165) is 49.0 Å². The zero-order chi connectivity index (χ0) is 22.3. The Kier molecular flexibility index (Phi) is 6.94. The van der Waals surface area contributed by atoms with Gasteiger partial charge in [0, 0.05) is 44.0 Å². The predicted octanol–water partition coefficient (Wildman–Crippen LogP) is 3.85. The molecule has 3 aromatic rings. The number of anilines is 1. The van der Waals surface area contributed by atoms with Gasteiger partial charge in [-0.1, -0.05) is 23.8 Å². The summed E-state index contributed by atoms with van der Waals surface area (Å²) in [6.45, 7) is 5.55. The molecule has 1 saturated heterocycles. The molecule has 1 fully saturated rings. The largest absolute Gasteiger partial charge is 0.497 e. The van der Waals surface area contributed by atoms with E-state index >= 15 is 0 Å². The molecule has 168 valence electrons. The Bertz CT molecular complexity index is 1040. The van der Waals surface area contributed by atoms with Crippen molar-refractivity contribution in [3.63, 3.8) is 0 Å². The Hall–Kier alpha value is -3.48. The third-order valence-electron chi connectivity index (χ3n) is 5.77. The maximum absolute atomic E-state index is 5.64. The van der Waals surface area contributed by atoms with Gasteiger partial charge in [-0.25, -0.2) is 4.98 Å². The number of hydrogen-bond donors (Lipinski definition) is 2. The summed E-state index contributed by atoms with van der Waals surface area (Å²) < 4.78 is 11.0. The van der Waals surface area contributed by atoms with Crippen molar-refractivity contribution in [2.45, 2.75) is 19.9 Å². The molecule has 0 spiro atoms. The minimum atomic E-state index is 0.551. The summed E-state index contributed by atoms with van der Waals surface area (Å²) in [5, 5.41) is 6.78. The molecule has 2 N–H and O–H groups in total. The summed E-state index contributed by atoms with van der Waals surface area (Å²) in [4.78, 5) is 11.3. The van der Waals surface area contributed by atoms with Crippen LogP contribution in [0.3, 0.4) is 0 Å². The molecule has 0 aliphatic carbocycles. The van der Waals surface area contributed by atoms with E-state index < -0.39 is 0 Å². The van der Waals surface area contributed by atoms with Gasteiger partial charge in [0.1, 0.15) is 12.0 Å². The van der Waals surface area contributed by atoms with Crippen LogP contribution in [0.25, 0.3) is 11.5 Å². The molecule has 7 nitrogen and oxygen atoms in total. The lowest BCUT2D eigenvalue weighted by Gasteiger charge is -2.20. The van der Waals surface area contributed by atoms with Crippen molar-refractivity contribution in [1.29, 1.82) is 0 Å². The quantitative estimate of drug-likeness (QED) is 0.436. The summed E-state index contributed by atoms with van der Waals surface area (Å²) in [5.41, 5.74) is 4.25. The molecule has 4 rings (SSSR count). The Morgan fingerprint density at radius 1 is 1.22 bits per heavy atom. The fourth-order valence-electron chi connectivity index (χ4n) is 3.89. The summed E-state index contributed by atoms with van der Waals surface area (Å²) in [6, 6.07) is 16.4. The van der Waals surface area contributed by atoms with E-state index in [1.165, 1.54) is 11.3 Å². The fourth-order valence-corrected chi connectivity index (χ4v) is 3.89. The number of aromatic nitrogens is 1. The van der Waals surface area contributed by atoms with Crippen LogP contribution in [-0.4, -0.2) is 44.7 Å². The highest BCUT2D eigenvalue weighted by Gasteiger charge is 2.23. The van der Waals surface area contributed by atoms with Gasteiger partial charge in [-0.3, -0.25) is 4.99 Å². The SMILES string of the molecule is CN=C(NCc1coc(-c2ccc(C)cc2)n1)NCC1CCN(c2cccc(OC)c2)C1. The number of oxazole rings is 1. The molecule has 0 amide bonds. The third-order valence-corrected chi connectivity index (χ3v) is 5.77. The van der Waals surface area contributed by atoms with Gasteiger partial charge in [-0.2, -0.15) is 0 Å². The first-order chi connectivity index (χ1) is 15.6. The summed E-state index contributed by atoms with van der Waals surface area (Å²) in [7, 11) is 3.49. The average Bonchev–Trinajstić information content (AvgIpc) is 3.50. The van der Waals surface area contributed by atoms with Crippen LogP contribution in [0.5, 0.6) is 5.75 Å². The highest BCUT2D eigenvalue weighted by Crippen LogP contribution is 2.26. The molecule has 7 heteroatoms. The number of ether oxygens (including phenoxy) is 1.